The van der Waals surface area contributed by atoms with Crippen LogP contribution in [0, 0.1) is 0 Å². The van der Waals surface area contributed by atoms with Crippen LogP contribution in [0.1, 0.15) is 26.2 Å². The third-order valence-electron chi connectivity index (χ3n) is 3.10. The summed E-state index contributed by atoms with van der Waals surface area (Å²) in [5, 5.41) is 0. The zero-order chi connectivity index (χ0) is 11.8. The van der Waals surface area contributed by atoms with Crippen LogP contribution < -0.4 is 10.6 Å². The van der Waals surface area contributed by atoms with Gasteiger partial charge in [-0.25, -0.2) is 0 Å². The van der Waals surface area contributed by atoms with E-state index in [0.717, 1.165) is 35.8 Å². The summed E-state index contributed by atoms with van der Waals surface area (Å²) in [7, 11) is 0. The smallest absolute Gasteiger partial charge is 0.298 e. The molecule has 0 bridgehead atoms. The van der Waals surface area contributed by atoms with Crippen molar-refractivity contribution in [1.29, 1.82) is 0 Å². The van der Waals surface area contributed by atoms with Crippen molar-refractivity contribution < 1.29 is 4.42 Å². The quantitative estimate of drug-likeness (QED) is 0.822. The molecule has 0 radical (unpaired) electrons. The molecule has 1 aromatic heterocycles. The van der Waals surface area contributed by atoms with Crippen LogP contribution in [0.2, 0.25) is 0 Å². The third kappa shape index (κ3) is 1.95. The maximum Gasteiger partial charge on any atom is 0.298 e. The van der Waals surface area contributed by atoms with Gasteiger partial charge in [-0.15, -0.1) is 0 Å². The van der Waals surface area contributed by atoms with Gasteiger partial charge in [-0.1, -0.05) is 6.92 Å². The lowest BCUT2D eigenvalue weighted by Gasteiger charge is -2.18. The molecule has 0 amide bonds. The van der Waals surface area contributed by atoms with E-state index in [9.17, 15) is 0 Å². The second-order valence-corrected chi connectivity index (χ2v) is 4.65. The standard InChI is InChI=1S/C13H17N3O/c1-2-7-16(10-4-5-10)13-15-11-8-9(14)3-6-12(11)17-13/h3,6,8,10H,2,4-5,7,14H2,1H3. The number of anilines is 2. The predicted molar refractivity (Wildman–Crippen MR) is 69.1 cm³/mol. The molecule has 2 N–H and O–H groups in total. The first-order valence-corrected chi connectivity index (χ1v) is 6.20. The Kier molecular flexibility index (Phi) is 2.42. The van der Waals surface area contributed by atoms with Crippen molar-refractivity contribution >= 4 is 22.8 Å². The number of nitrogen functional groups attached to an aromatic ring is 1. The van der Waals surface area contributed by atoms with E-state index in [-0.39, 0.29) is 0 Å². The SMILES string of the molecule is CCCN(c1nc2cc(N)ccc2o1)C1CC1. The fraction of sp³-hybridized carbons (Fsp3) is 0.462. The third-order valence-corrected chi connectivity index (χ3v) is 3.10. The van der Waals surface area contributed by atoms with Crippen LogP contribution in [0.3, 0.4) is 0 Å². The Bertz CT molecular complexity index is 530. The molecule has 1 aliphatic carbocycles. The highest BCUT2D eigenvalue weighted by Gasteiger charge is 2.31. The van der Waals surface area contributed by atoms with Gasteiger partial charge in [0, 0.05) is 18.3 Å². The predicted octanol–water partition coefficient (Wildman–Crippen LogP) is 2.79. The molecule has 1 heterocycles. The molecule has 0 atom stereocenters. The van der Waals surface area contributed by atoms with Crippen molar-refractivity contribution in [3.05, 3.63) is 18.2 Å². The molecule has 3 rings (SSSR count). The Balaban J connectivity index is 1.98. The number of nitrogens with two attached hydrogens (primary N) is 1. The molecule has 0 aliphatic heterocycles. The summed E-state index contributed by atoms with van der Waals surface area (Å²) in [5.41, 5.74) is 8.14. The van der Waals surface area contributed by atoms with Crippen molar-refractivity contribution in [3.63, 3.8) is 0 Å². The molecule has 1 fully saturated rings. The minimum atomic E-state index is 0.625. The van der Waals surface area contributed by atoms with Crippen LogP contribution in [0.25, 0.3) is 11.1 Å². The van der Waals surface area contributed by atoms with Gasteiger partial charge < -0.3 is 15.1 Å². The number of hydrogen-bond donors (Lipinski definition) is 1. The van der Waals surface area contributed by atoms with E-state index in [0.29, 0.717) is 6.04 Å². The number of oxazole rings is 1. The summed E-state index contributed by atoms with van der Waals surface area (Å²) in [6.45, 7) is 3.18. The van der Waals surface area contributed by atoms with Crippen molar-refractivity contribution in [2.24, 2.45) is 0 Å². The Morgan fingerprint density at radius 2 is 2.29 bits per heavy atom. The van der Waals surface area contributed by atoms with E-state index in [1.54, 1.807) is 0 Å². The van der Waals surface area contributed by atoms with Crippen LogP contribution in [-0.2, 0) is 0 Å². The Hall–Kier alpha value is -1.71. The average Bonchev–Trinajstić information content (AvgIpc) is 3.05. The Morgan fingerprint density at radius 1 is 1.47 bits per heavy atom. The van der Waals surface area contributed by atoms with Gasteiger partial charge >= 0.3 is 0 Å². The highest BCUT2D eigenvalue weighted by Crippen LogP contribution is 2.33. The van der Waals surface area contributed by atoms with Crippen molar-refractivity contribution in [2.45, 2.75) is 32.2 Å². The molecule has 90 valence electrons. The van der Waals surface area contributed by atoms with Crippen LogP contribution in [0.4, 0.5) is 11.7 Å². The fourth-order valence-corrected chi connectivity index (χ4v) is 2.12. The summed E-state index contributed by atoms with van der Waals surface area (Å²) in [5.74, 6) is 0. The van der Waals surface area contributed by atoms with Gasteiger partial charge in [0.2, 0.25) is 0 Å². The minimum Gasteiger partial charge on any atom is -0.423 e. The molecule has 1 saturated carbocycles. The second kappa shape index (κ2) is 3.95. The van der Waals surface area contributed by atoms with Gasteiger partial charge in [-0.3, -0.25) is 0 Å². The molecule has 0 spiro atoms. The van der Waals surface area contributed by atoms with Crippen molar-refractivity contribution in [2.75, 3.05) is 17.2 Å². The first-order chi connectivity index (χ1) is 8.28. The lowest BCUT2D eigenvalue weighted by atomic mass is 10.3. The summed E-state index contributed by atoms with van der Waals surface area (Å²) >= 11 is 0. The Labute approximate surface area is 100 Å². The zero-order valence-corrected chi connectivity index (χ0v) is 10.0. The number of rotatable bonds is 4. The monoisotopic (exact) mass is 231 g/mol. The molecule has 1 aliphatic rings. The van der Waals surface area contributed by atoms with Crippen LogP contribution in [-0.4, -0.2) is 17.6 Å². The van der Waals surface area contributed by atoms with Gasteiger partial charge in [0.1, 0.15) is 5.52 Å². The average molecular weight is 231 g/mol. The second-order valence-electron chi connectivity index (χ2n) is 4.65. The number of nitrogens with zero attached hydrogens (tertiary/aromatic N) is 2. The van der Waals surface area contributed by atoms with Gasteiger partial charge in [-0.2, -0.15) is 4.98 Å². The van der Waals surface area contributed by atoms with Crippen LogP contribution in [0.15, 0.2) is 22.6 Å². The lowest BCUT2D eigenvalue weighted by molar-refractivity contribution is 0.560. The van der Waals surface area contributed by atoms with Crippen LogP contribution >= 0.6 is 0 Å². The molecule has 0 unspecified atom stereocenters. The molecular formula is C13H17N3O. The first-order valence-electron chi connectivity index (χ1n) is 6.20. The van der Waals surface area contributed by atoms with Gasteiger partial charge in [0.05, 0.1) is 0 Å². The topological polar surface area (TPSA) is 55.3 Å². The van der Waals surface area contributed by atoms with Crippen molar-refractivity contribution in [1.82, 2.24) is 4.98 Å². The summed E-state index contributed by atoms with van der Waals surface area (Å²) in [6.07, 6.45) is 3.61. The molecule has 1 aromatic carbocycles. The molecule has 2 aromatic rings. The van der Waals surface area contributed by atoms with Gasteiger partial charge in [0.15, 0.2) is 5.58 Å². The minimum absolute atomic E-state index is 0.625. The summed E-state index contributed by atoms with van der Waals surface area (Å²) in [6, 6.07) is 6.96. The molecule has 0 saturated heterocycles. The molecule has 4 heteroatoms. The number of fused-ring (bicyclic) bond motifs is 1. The maximum absolute atomic E-state index is 5.80. The molecular weight excluding hydrogens is 214 g/mol. The first kappa shape index (κ1) is 10.4. The van der Waals surface area contributed by atoms with E-state index < -0.39 is 0 Å². The zero-order valence-electron chi connectivity index (χ0n) is 10.0. The Morgan fingerprint density at radius 3 is 3.00 bits per heavy atom. The molecule has 4 nitrogen and oxygen atoms in total. The summed E-state index contributed by atoms with van der Waals surface area (Å²) < 4.78 is 5.80. The fourth-order valence-electron chi connectivity index (χ4n) is 2.12. The van der Waals surface area contributed by atoms with E-state index in [1.165, 1.54) is 12.8 Å². The highest BCUT2D eigenvalue weighted by atomic mass is 16.4. The van der Waals surface area contributed by atoms with Gasteiger partial charge in [0.25, 0.3) is 6.01 Å². The largest absolute Gasteiger partial charge is 0.423 e. The van der Waals surface area contributed by atoms with E-state index in [2.05, 4.69) is 16.8 Å². The highest BCUT2D eigenvalue weighted by molar-refractivity contribution is 5.78. The van der Waals surface area contributed by atoms with Crippen LogP contribution in [0.5, 0.6) is 0 Å². The lowest BCUT2D eigenvalue weighted by Crippen LogP contribution is -2.26. The van der Waals surface area contributed by atoms with Crippen molar-refractivity contribution in [3.8, 4) is 0 Å². The van der Waals surface area contributed by atoms with E-state index >= 15 is 0 Å². The summed E-state index contributed by atoms with van der Waals surface area (Å²) in [4.78, 5) is 6.81. The number of benzene rings is 1. The number of hydrogen-bond acceptors (Lipinski definition) is 4. The van der Waals surface area contributed by atoms with Gasteiger partial charge in [-0.05, 0) is 37.5 Å². The number of aromatic nitrogens is 1. The maximum atomic E-state index is 5.80. The van der Waals surface area contributed by atoms with E-state index in [1.807, 2.05) is 18.2 Å². The van der Waals surface area contributed by atoms with E-state index in [4.69, 9.17) is 10.2 Å². The normalized spacial score (nSPS) is 15.4. The molecule has 17 heavy (non-hydrogen) atoms.